The number of amides is 1. The van der Waals surface area contributed by atoms with Crippen LogP contribution in [0.5, 0.6) is 0 Å². The van der Waals surface area contributed by atoms with Gasteiger partial charge in [0.15, 0.2) is 0 Å². The monoisotopic (exact) mass is 223 g/mol. The number of aromatic nitrogens is 2. The first-order valence-corrected chi connectivity index (χ1v) is 5.62. The van der Waals surface area contributed by atoms with E-state index in [1.165, 1.54) is 0 Å². The van der Waals surface area contributed by atoms with E-state index in [1.54, 1.807) is 17.1 Å². The fourth-order valence-corrected chi connectivity index (χ4v) is 1.77. The lowest BCUT2D eigenvalue weighted by Gasteiger charge is -2.14. The number of hydrogen-bond acceptors (Lipinski definition) is 3. The SMILES string of the molecule is C[C@@H](C(=O)NC[C@@H]1CCOC1)n1cccn1. The molecular formula is C11H17N3O2. The molecule has 1 aliphatic rings. The van der Waals surface area contributed by atoms with E-state index in [0.717, 1.165) is 19.6 Å². The van der Waals surface area contributed by atoms with E-state index in [9.17, 15) is 4.79 Å². The minimum absolute atomic E-state index is 0.00981. The molecule has 1 fully saturated rings. The van der Waals surface area contributed by atoms with Crippen LogP contribution < -0.4 is 5.32 Å². The summed E-state index contributed by atoms with van der Waals surface area (Å²) in [4.78, 5) is 11.8. The number of nitrogens with zero attached hydrogens (tertiary/aromatic N) is 2. The number of hydrogen-bond donors (Lipinski definition) is 1. The van der Waals surface area contributed by atoms with Crippen molar-refractivity contribution in [3.05, 3.63) is 18.5 Å². The van der Waals surface area contributed by atoms with Crippen LogP contribution in [-0.2, 0) is 9.53 Å². The van der Waals surface area contributed by atoms with Crippen molar-refractivity contribution < 1.29 is 9.53 Å². The van der Waals surface area contributed by atoms with E-state index in [-0.39, 0.29) is 11.9 Å². The molecule has 2 atom stereocenters. The van der Waals surface area contributed by atoms with Crippen molar-refractivity contribution in [3.63, 3.8) is 0 Å². The second kappa shape index (κ2) is 5.12. The number of carbonyl (C=O) groups excluding carboxylic acids is 1. The van der Waals surface area contributed by atoms with Crippen molar-refractivity contribution in [2.24, 2.45) is 5.92 Å². The van der Waals surface area contributed by atoms with E-state index in [0.29, 0.717) is 12.5 Å². The molecule has 1 amide bonds. The first kappa shape index (κ1) is 11.1. The number of carbonyl (C=O) groups is 1. The minimum Gasteiger partial charge on any atom is -0.381 e. The Labute approximate surface area is 94.8 Å². The molecule has 1 aromatic heterocycles. The van der Waals surface area contributed by atoms with Gasteiger partial charge in [0.1, 0.15) is 6.04 Å². The molecular weight excluding hydrogens is 206 g/mol. The first-order valence-electron chi connectivity index (χ1n) is 5.62. The third-order valence-corrected chi connectivity index (χ3v) is 2.89. The molecule has 0 aromatic carbocycles. The Balaban J connectivity index is 1.79. The predicted molar refractivity (Wildman–Crippen MR) is 58.9 cm³/mol. The molecule has 2 rings (SSSR count). The summed E-state index contributed by atoms with van der Waals surface area (Å²) in [7, 11) is 0. The molecule has 0 bridgehead atoms. The molecule has 0 spiro atoms. The Morgan fingerprint density at radius 3 is 3.25 bits per heavy atom. The molecule has 1 aliphatic heterocycles. The summed E-state index contributed by atoms with van der Waals surface area (Å²) in [6.45, 7) is 4.11. The fraction of sp³-hybridized carbons (Fsp3) is 0.636. The summed E-state index contributed by atoms with van der Waals surface area (Å²) in [6, 6.07) is 1.56. The molecule has 5 nitrogen and oxygen atoms in total. The third-order valence-electron chi connectivity index (χ3n) is 2.89. The smallest absolute Gasteiger partial charge is 0.244 e. The lowest BCUT2D eigenvalue weighted by Crippen LogP contribution is -2.34. The standard InChI is InChI=1S/C11H17N3O2/c1-9(14-5-2-4-13-14)11(15)12-7-10-3-6-16-8-10/h2,4-5,9-10H,3,6-8H2,1H3,(H,12,15)/t9-,10-/m0/s1. The van der Waals surface area contributed by atoms with Crippen LogP contribution in [0.4, 0.5) is 0 Å². The predicted octanol–water partition coefficient (Wildman–Crippen LogP) is 0.597. The van der Waals surface area contributed by atoms with E-state index in [4.69, 9.17) is 4.74 Å². The first-order chi connectivity index (χ1) is 7.77. The van der Waals surface area contributed by atoms with Crippen molar-refractivity contribution in [2.75, 3.05) is 19.8 Å². The summed E-state index contributed by atoms with van der Waals surface area (Å²) in [6.07, 6.45) is 4.51. The zero-order chi connectivity index (χ0) is 11.4. The number of nitrogens with one attached hydrogen (secondary N) is 1. The molecule has 0 radical (unpaired) electrons. The highest BCUT2D eigenvalue weighted by molar-refractivity contribution is 5.79. The minimum atomic E-state index is -0.252. The van der Waals surface area contributed by atoms with Crippen LogP contribution in [0.3, 0.4) is 0 Å². The second-order valence-electron chi connectivity index (χ2n) is 4.14. The Hall–Kier alpha value is -1.36. The molecule has 2 heterocycles. The summed E-state index contributed by atoms with van der Waals surface area (Å²) in [5.74, 6) is 0.476. The highest BCUT2D eigenvalue weighted by Gasteiger charge is 2.19. The normalized spacial score (nSPS) is 21.9. The van der Waals surface area contributed by atoms with Crippen LogP contribution >= 0.6 is 0 Å². The Kier molecular flexibility index (Phi) is 3.56. The molecule has 1 N–H and O–H groups in total. The van der Waals surface area contributed by atoms with Crippen LogP contribution in [0.25, 0.3) is 0 Å². The van der Waals surface area contributed by atoms with Gasteiger partial charge in [0.2, 0.25) is 5.91 Å². The molecule has 0 unspecified atom stereocenters. The third kappa shape index (κ3) is 2.61. The molecule has 1 saturated heterocycles. The summed E-state index contributed by atoms with van der Waals surface area (Å²) < 4.78 is 6.91. The van der Waals surface area contributed by atoms with Gasteiger partial charge in [-0.15, -0.1) is 0 Å². The van der Waals surface area contributed by atoms with Gasteiger partial charge in [0.25, 0.3) is 0 Å². The van der Waals surface area contributed by atoms with Crippen LogP contribution in [0.1, 0.15) is 19.4 Å². The van der Waals surface area contributed by atoms with Gasteiger partial charge in [0.05, 0.1) is 6.61 Å². The zero-order valence-electron chi connectivity index (χ0n) is 9.43. The van der Waals surface area contributed by atoms with Crippen LogP contribution in [0.2, 0.25) is 0 Å². The molecule has 5 heteroatoms. The van der Waals surface area contributed by atoms with E-state index in [2.05, 4.69) is 10.4 Å². The van der Waals surface area contributed by atoms with Gasteiger partial charge in [-0.3, -0.25) is 9.48 Å². The van der Waals surface area contributed by atoms with Crippen LogP contribution in [-0.4, -0.2) is 35.4 Å². The van der Waals surface area contributed by atoms with E-state index < -0.39 is 0 Å². The highest BCUT2D eigenvalue weighted by Crippen LogP contribution is 2.11. The molecule has 16 heavy (non-hydrogen) atoms. The van der Waals surface area contributed by atoms with Crippen LogP contribution in [0, 0.1) is 5.92 Å². The molecule has 1 aromatic rings. The average molecular weight is 223 g/mol. The largest absolute Gasteiger partial charge is 0.381 e. The summed E-state index contributed by atoms with van der Waals surface area (Å²) in [5, 5.41) is 6.98. The maximum absolute atomic E-state index is 11.8. The molecule has 0 saturated carbocycles. The van der Waals surface area contributed by atoms with Crippen molar-refractivity contribution in [1.82, 2.24) is 15.1 Å². The van der Waals surface area contributed by atoms with Crippen molar-refractivity contribution in [2.45, 2.75) is 19.4 Å². The number of ether oxygens (including phenoxy) is 1. The summed E-state index contributed by atoms with van der Waals surface area (Å²) >= 11 is 0. The lowest BCUT2D eigenvalue weighted by atomic mass is 10.1. The van der Waals surface area contributed by atoms with Gasteiger partial charge in [-0.25, -0.2) is 0 Å². The van der Waals surface area contributed by atoms with Gasteiger partial charge in [-0.05, 0) is 19.4 Å². The topological polar surface area (TPSA) is 56.1 Å². The Bertz CT molecular complexity index is 331. The van der Waals surface area contributed by atoms with Crippen molar-refractivity contribution >= 4 is 5.91 Å². The quantitative estimate of drug-likeness (QED) is 0.813. The second-order valence-corrected chi connectivity index (χ2v) is 4.14. The van der Waals surface area contributed by atoms with E-state index in [1.807, 2.05) is 13.0 Å². The van der Waals surface area contributed by atoms with E-state index >= 15 is 0 Å². The average Bonchev–Trinajstić information content (AvgIpc) is 2.96. The van der Waals surface area contributed by atoms with Gasteiger partial charge < -0.3 is 10.1 Å². The van der Waals surface area contributed by atoms with Crippen LogP contribution in [0.15, 0.2) is 18.5 Å². The molecule has 0 aliphatic carbocycles. The zero-order valence-corrected chi connectivity index (χ0v) is 9.43. The Morgan fingerprint density at radius 2 is 2.62 bits per heavy atom. The lowest BCUT2D eigenvalue weighted by molar-refractivity contribution is -0.124. The summed E-state index contributed by atoms with van der Waals surface area (Å²) in [5.41, 5.74) is 0. The molecule has 88 valence electrons. The highest BCUT2D eigenvalue weighted by atomic mass is 16.5. The van der Waals surface area contributed by atoms with Gasteiger partial charge >= 0.3 is 0 Å². The van der Waals surface area contributed by atoms with Gasteiger partial charge in [-0.2, -0.15) is 5.10 Å². The fourth-order valence-electron chi connectivity index (χ4n) is 1.77. The maximum Gasteiger partial charge on any atom is 0.244 e. The van der Waals surface area contributed by atoms with Gasteiger partial charge in [0, 0.05) is 31.5 Å². The van der Waals surface area contributed by atoms with Gasteiger partial charge in [-0.1, -0.05) is 0 Å². The Morgan fingerprint density at radius 1 is 1.75 bits per heavy atom. The van der Waals surface area contributed by atoms with Crippen molar-refractivity contribution in [3.8, 4) is 0 Å². The maximum atomic E-state index is 11.8. The van der Waals surface area contributed by atoms with Crippen molar-refractivity contribution in [1.29, 1.82) is 0 Å². The number of rotatable bonds is 4.